The van der Waals surface area contributed by atoms with Crippen molar-refractivity contribution in [3.05, 3.63) is 102 Å². The Morgan fingerprint density at radius 1 is 0.824 bits per heavy atom. The lowest BCUT2D eigenvalue weighted by molar-refractivity contribution is -0.123. The Kier molecular flexibility index (Phi) is 6.02. The molecule has 1 atom stereocenters. The van der Waals surface area contributed by atoms with E-state index >= 15 is 0 Å². The van der Waals surface area contributed by atoms with E-state index in [1.807, 2.05) is 65.6 Å². The smallest absolute Gasteiger partial charge is 0.251 e. The molecule has 0 radical (unpaired) electrons. The number of aliphatic hydroxyl groups is 1. The fraction of sp³-hybridized carbons (Fsp3) is 0.286. The van der Waals surface area contributed by atoms with Gasteiger partial charge in [0.25, 0.3) is 5.91 Å². The van der Waals surface area contributed by atoms with Crippen molar-refractivity contribution in [2.24, 2.45) is 5.92 Å². The minimum Gasteiger partial charge on any atom is -0.380 e. The van der Waals surface area contributed by atoms with Crippen LogP contribution in [0.25, 0.3) is 0 Å². The highest BCUT2D eigenvalue weighted by atomic mass is 19.1. The van der Waals surface area contributed by atoms with Crippen LogP contribution in [0.1, 0.15) is 30.4 Å². The van der Waals surface area contributed by atoms with Gasteiger partial charge in [0.1, 0.15) is 11.4 Å². The maximum atomic E-state index is 13.7. The van der Waals surface area contributed by atoms with Crippen LogP contribution in [0.5, 0.6) is 0 Å². The van der Waals surface area contributed by atoms with Crippen LogP contribution >= 0.6 is 0 Å². The van der Waals surface area contributed by atoms with E-state index in [0.29, 0.717) is 25.9 Å². The molecular weight excluding hydrogens is 431 g/mol. The van der Waals surface area contributed by atoms with Gasteiger partial charge in [-0.05, 0) is 61.2 Å². The molecule has 174 valence electrons. The van der Waals surface area contributed by atoms with Crippen LogP contribution in [0, 0.1) is 11.7 Å². The highest BCUT2D eigenvalue weighted by molar-refractivity contribution is 6.22. The summed E-state index contributed by atoms with van der Waals surface area (Å²) >= 11 is 0. The Morgan fingerprint density at radius 3 is 1.97 bits per heavy atom. The molecule has 2 heterocycles. The molecule has 5 rings (SSSR count). The topological polar surface area (TPSA) is 60.9 Å². The van der Waals surface area contributed by atoms with Crippen molar-refractivity contribution >= 4 is 17.5 Å². The van der Waals surface area contributed by atoms with Crippen LogP contribution < -0.4 is 4.90 Å². The van der Waals surface area contributed by atoms with Crippen molar-refractivity contribution in [3.63, 3.8) is 0 Å². The lowest BCUT2D eigenvalue weighted by atomic mass is 9.72. The Hall–Kier alpha value is -3.35. The van der Waals surface area contributed by atoms with E-state index in [2.05, 4.69) is 0 Å². The second-order valence-corrected chi connectivity index (χ2v) is 9.08. The minimum absolute atomic E-state index is 0.0416. The van der Waals surface area contributed by atoms with Crippen molar-refractivity contribution in [2.75, 3.05) is 18.0 Å². The molecule has 0 aromatic heterocycles. The maximum Gasteiger partial charge on any atom is 0.251 e. The molecule has 0 aliphatic carbocycles. The number of nitrogens with zero attached hydrogens (tertiary/aromatic N) is 2. The molecule has 0 saturated carbocycles. The quantitative estimate of drug-likeness (QED) is 0.585. The number of hydrogen-bond donors (Lipinski definition) is 1. The van der Waals surface area contributed by atoms with Gasteiger partial charge < -0.3 is 5.11 Å². The van der Waals surface area contributed by atoms with Crippen molar-refractivity contribution < 1.29 is 19.1 Å². The Balaban J connectivity index is 1.35. The number of imide groups is 1. The van der Waals surface area contributed by atoms with Gasteiger partial charge in [-0.25, -0.2) is 9.29 Å². The third kappa shape index (κ3) is 3.93. The van der Waals surface area contributed by atoms with E-state index < -0.39 is 17.5 Å². The van der Waals surface area contributed by atoms with E-state index in [-0.39, 0.29) is 29.8 Å². The van der Waals surface area contributed by atoms with E-state index in [1.54, 1.807) is 6.07 Å². The van der Waals surface area contributed by atoms with Crippen molar-refractivity contribution in [3.8, 4) is 0 Å². The van der Waals surface area contributed by atoms with Gasteiger partial charge in [0.05, 0.1) is 18.2 Å². The van der Waals surface area contributed by atoms with E-state index in [4.69, 9.17) is 0 Å². The number of carbonyl (C=O) groups excluding carboxylic acids is 2. The van der Waals surface area contributed by atoms with Gasteiger partial charge in [0.2, 0.25) is 5.91 Å². The lowest BCUT2D eigenvalue weighted by Gasteiger charge is -2.43. The Labute approximate surface area is 198 Å². The number of halogens is 1. The second kappa shape index (κ2) is 9.12. The molecule has 0 bridgehead atoms. The first-order valence-corrected chi connectivity index (χ1v) is 11.7. The summed E-state index contributed by atoms with van der Waals surface area (Å²) in [5.74, 6) is -1.15. The molecule has 2 aliphatic rings. The van der Waals surface area contributed by atoms with Gasteiger partial charge in [-0.15, -0.1) is 0 Å². The first-order chi connectivity index (χ1) is 16.5. The summed E-state index contributed by atoms with van der Waals surface area (Å²) < 4.78 is 13.7. The molecule has 2 fully saturated rings. The normalized spacial score (nSPS) is 20.2. The highest BCUT2D eigenvalue weighted by Crippen LogP contribution is 2.42. The number of anilines is 1. The summed E-state index contributed by atoms with van der Waals surface area (Å²) in [4.78, 5) is 28.9. The average molecular weight is 459 g/mol. The third-order valence-electron chi connectivity index (χ3n) is 7.18. The van der Waals surface area contributed by atoms with Gasteiger partial charge in [-0.3, -0.25) is 14.5 Å². The summed E-state index contributed by atoms with van der Waals surface area (Å²) in [7, 11) is 0. The Morgan fingerprint density at radius 2 is 1.41 bits per heavy atom. The third-order valence-corrected chi connectivity index (χ3v) is 7.18. The van der Waals surface area contributed by atoms with Crippen LogP contribution in [-0.4, -0.2) is 41.0 Å². The van der Waals surface area contributed by atoms with Gasteiger partial charge in [-0.2, -0.15) is 0 Å². The number of hydrogen-bond acceptors (Lipinski definition) is 4. The molecule has 2 amide bonds. The zero-order chi connectivity index (χ0) is 23.7. The van der Waals surface area contributed by atoms with Gasteiger partial charge in [-0.1, -0.05) is 66.7 Å². The number of benzene rings is 3. The minimum atomic E-state index is -1.14. The van der Waals surface area contributed by atoms with Crippen LogP contribution in [0.2, 0.25) is 0 Å². The van der Waals surface area contributed by atoms with E-state index in [0.717, 1.165) is 16.0 Å². The summed E-state index contributed by atoms with van der Waals surface area (Å²) in [5, 5.41) is 12.1. The maximum absolute atomic E-state index is 13.7. The molecule has 2 saturated heterocycles. The molecule has 6 heteroatoms. The van der Waals surface area contributed by atoms with Gasteiger partial charge in [0.15, 0.2) is 0 Å². The fourth-order valence-corrected chi connectivity index (χ4v) is 5.44. The van der Waals surface area contributed by atoms with Crippen LogP contribution in [0.4, 0.5) is 10.1 Å². The predicted molar refractivity (Wildman–Crippen MR) is 127 cm³/mol. The SMILES string of the molecule is O=C1C[C@@H](N2CCC(C(O)(c3ccccc3)c3ccccc3)CC2)C(=O)N1c1cccc(F)c1. The van der Waals surface area contributed by atoms with Gasteiger partial charge >= 0.3 is 0 Å². The van der Waals surface area contributed by atoms with E-state index in [9.17, 15) is 19.1 Å². The summed E-state index contributed by atoms with van der Waals surface area (Å²) in [5.41, 5.74) is 0.834. The molecule has 3 aromatic carbocycles. The number of carbonyl (C=O) groups is 2. The summed E-state index contributed by atoms with van der Waals surface area (Å²) in [6.07, 6.45) is 1.44. The monoisotopic (exact) mass is 458 g/mol. The molecule has 34 heavy (non-hydrogen) atoms. The molecule has 0 unspecified atom stereocenters. The number of amides is 2. The molecular formula is C28H27FN2O3. The molecule has 3 aromatic rings. The van der Waals surface area contributed by atoms with Crippen molar-refractivity contribution in [1.82, 2.24) is 4.90 Å². The second-order valence-electron chi connectivity index (χ2n) is 9.08. The molecule has 2 aliphatic heterocycles. The van der Waals surface area contributed by atoms with Crippen LogP contribution in [0.15, 0.2) is 84.9 Å². The number of rotatable bonds is 5. The summed E-state index contributed by atoms with van der Waals surface area (Å²) in [6.45, 7) is 1.18. The molecule has 0 spiro atoms. The van der Waals surface area contributed by atoms with Crippen LogP contribution in [0.3, 0.4) is 0 Å². The number of piperidine rings is 1. The number of likely N-dealkylation sites (tertiary alicyclic amines) is 1. The van der Waals surface area contributed by atoms with Crippen molar-refractivity contribution in [1.29, 1.82) is 0 Å². The fourth-order valence-electron chi connectivity index (χ4n) is 5.44. The standard InChI is InChI=1S/C28H27FN2O3/c29-23-12-7-13-24(18-23)31-26(32)19-25(27(31)33)30-16-14-22(15-17-30)28(34,20-8-3-1-4-9-20)21-10-5-2-6-11-21/h1-13,18,22,25,34H,14-17,19H2/t25-/m1/s1. The summed E-state index contributed by atoms with van der Waals surface area (Å²) in [6, 6.07) is 24.4. The average Bonchev–Trinajstić information content (AvgIpc) is 3.18. The van der Waals surface area contributed by atoms with Crippen LogP contribution in [-0.2, 0) is 15.2 Å². The molecule has 1 N–H and O–H groups in total. The van der Waals surface area contributed by atoms with Gasteiger partial charge in [0, 0.05) is 0 Å². The Bertz CT molecular complexity index is 1140. The largest absolute Gasteiger partial charge is 0.380 e. The first-order valence-electron chi connectivity index (χ1n) is 11.7. The first kappa shape index (κ1) is 22.4. The zero-order valence-electron chi connectivity index (χ0n) is 18.8. The molecule has 5 nitrogen and oxygen atoms in total. The lowest BCUT2D eigenvalue weighted by Crippen LogP contribution is -2.49. The predicted octanol–water partition coefficient (Wildman–Crippen LogP) is 4.11. The highest BCUT2D eigenvalue weighted by Gasteiger charge is 2.46. The van der Waals surface area contributed by atoms with Crippen molar-refractivity contribution in [2.45, 2.75) is 30.9 Å². The van der Waals surface area contributed by atoms with E-state index in [1.165, 1.54) is 18.2 Å². The zero-order valence-corrected chi connectivity index (χ0v) is 18.8.